The molecule has 1 N–H and O–H groups in total. The van der Waals surface area contributed by atoms with Crippen LogP contribution in [0.1, 0.15) is 38.3 Å². The summed E-state index contributed by atoms with van der Waals surface area (Å²) in [4.78, 5) is 28.8. The Labute approximate surface area is 181 Å². The van der Waals surface area contributed by atoms with Gasteiger partial charge >= 0.3 is 0 Å². The molecular formula is C25H24N2O2S. The second kappa shape index (κ2) is 8.76. The van der Waals surface area contributed by atoms with Crippen molar-refractivity contribution in [3.63, 3.8) is 0 Å². The topological polar surface area (TPSA) is 49.4 Å². The molecule has 0 aliphatic carbocycles. The van der Waals surface area contributed by atoms with Crippen molar-refractivity contribution in [1.82, 2.24) is 0 Å². The predicted octanol–water partition coefficient (Wildman–Crippen LogP) is 5.56. The summed E-state index contributed by atoms with van der Waals surface area (Å²) in [7, 11) is 0. The summed E-state index contributed by atoms with van der Waals surface area (Å²) in [6.45, 7) is 2.67. The van der Waals surface area contributed by atoms with E-state index in [9.17, 15) is 9.59 Å². The second-order valence-corrected chi connectivity index (χ2v) is 8.28. The maximum Gasteiger partial charge on any atom is 0.258 e. The predicted molar refractivity (Wildman–Crippen MR) is 124 cm³/mol. The number of nitrogens with zero attached hydrogens (tertiary/aromatic N) is 1. The van der Waals surface area contributed by atoms with Crippen LogP contribution in [-0.4, -0.2) is 24.6 Å². The fourth-order valence-corrected chi connectivity index (χ4v) is 4.38. The summed E-state index contributed by atoms with van der Waals surface area (Å²) in [5.74, 6) is -0.132. The van der Waals surface area contributed by atoms with Crippen LogP contribution in [0.25, 0.3) is 0 Å². The van der Waals surface area contributed by atoms with E-state index in [1.807, 2.05) is 78.7 Å². The number of anilines is 2. The van der Waals surface area contributed by atoms with Gasteiger partial charge in [0.2, 0.25) is 0 Å². The Bertz CT molecular complexity index is 1110. The highest BCUT2D eigenvalue weighted by Gasteiger charge is 2.24. The molecule has 1 aliphatic heterocycles. The smallest absolute Gasteiger partial charge is 0.258 e. The van der Waals surface area contributed by atoms with Crippen LogP contribution in [0.2, 0.25) is 0 Å². The third-order valence-electron chi connectivity index (χ3n) is 5.33. The fourth-order valence-electron chi connectivity index (χ4n) is 3.83. The Balaban J connectivity index is 1.59. The zero-order valence-electron chi connectivity index (χ0n) is 17.1. The van der Waals surface area contributed by atoms with Gasteiger partial charge in [-0.2, -0.15) is 0 Å². The van der Waals surface area contributed by atoms with Gasteiger partial charge in [0.25, 0.3) is 11.8 Å². The Hall–Kier alpha value is -3.05. The third-order valence-corrected chi connectivity index (χ3v) is 6.12. The van der Waals surface area contributed by atoms with Gasteiger partial charge < -0.3 is 10.2 Å². The van der Waals surface area contributed by atoms with Crippen molar-refractivity contribution in [2.75, 3.05) is 23.0 Å². The molecule has 3 aromatic rings. The van der Waals surface area contributed by atoms with Crippen LogP contribution in [0.3, 0.4) is 0 Å². The molecule has 4 rings (SSSR count). The van der Waals surface area contributed by atoms with E-state index in [4.69, 9.17) is 0 Å². The summed E-state index contributed by atoms with van der Waals surface area (Å²) in [5.41, 5.74) is 5.11. The molecule has 0 fully saturated rings. The molecule has 0 atom stereocenters. The Morgan fingerprint density at radius 3 is 2.60 bits per heavy atom. The van der Waals surface area contributed by atoms with E-state index in [2.05, 4.69) is 5.32 Å². The molecule has 0 radical (unpaired) electrons. The number of nitrogens with one attached hydrogen (secondary N) is 1. The highest BCUT2D eigenvalue weighted by atomic mass is 32.2. The lowest BCUT2D eigenvalue weighted by Crippen LogP contribution is -2.35. The fraction of sp³-hybridized carbons (Fsp3) is 0.200. The van der Waals surface area contributed by atoms with E-state index in [-0.39, 0.29) is 11.8 Å². The molecule has 30 heavy (non-hydrogen) atoms. The van der Waals surface area contributed by atoms with Crippen molar-refractivity contribution in [1.29, 1.82) is 0 Å². The van der Waals surface area contributed by atoms with E-state index >= 15 is 0 Å². The van der Waals surface area contributed by atoms with Crippen molar-refractivity contribution >= 4 is 35.0 Å². The first-order valence-electron chi connectivity index (χ1n) is 10.0. The number of carbonyl (C=O) groups is 2. The standard InChI is InChI=1S/C25H24N2O2S/c1-17-7-5-8-20(15-17)25(29)27-14-6-9-18-16-19(12-13-22(18)27)24(28)26-21-10-3-4-11-23(21)30-2/h3-5,7-8,10-13,15-16H,6,9,14H2,1-2H3,(H,26,28). The lowest BCUT2D eigenvalue weighted by atomic mass is 9.98. The van der Waals surface area contributed by atoms with E-state index < -0.39 is 0 Å². The third kappa shape index (κ3) is 4.12. The van der Waals surface area contributed by atoms with E-state index in [0.717, 1.165) is 40.2 Å². The van der Waals surface area contributed by atoms with E-state index in [1.165, 1.54) is 0 Å². The van der Waals surface area contributed by atoms with Gasteiger partial charge in [-0.25, -0.2) is 0 Å². The molecule has 0 unspecified atom stereocenters. The van der Waals surface area contributed by atoms with Gasteiger partial charge in [-0.1, -0.05) is 29.8 Å². The van der Waals surface area contributed by atoms with Crippen molar-refractivity contribution in [2.24, 2.45) is 0 Å². The van der Waals surface area contributed by atoms with Gasteiger partial charge in [0, 0.05) is 28.3 Å². The number of thioether (sulfide) groups is 1. The monoisotopic (exact) mass is 416 g/mol. The summed E-state index contributed by atoms with van der Waals surface area (Å²) in [5, 5.41) is 3.01. The first-order valence-corrected chi connectivity index (χ1v) is 11.2. The van der Waals surface area contributed by atoms with Crippen LogP contribution in [0.4, 0.5) is 11.4 Å². The maximum atomic E-state index is 13.1. The molecule has 0 bridgehead atoms. The Morgan fingerprint density at radius 1 is 0.967 bits per heavy atom. The van der Waals surface area contributed by atoms with Crippen LogP contribution in [0, 0.1) is 6.92 Å². The highest BCUT2D eigenvalue weighted by molar-refractivity contribution is 7.98. The molecule has 0 saturated heterocycles. The van der Waals surface area contributed by atoms with Gasteiger partial charge in [-0.3, -0.25) is 9.59 Å². The Morgan fingerprint density at radius 2 is 1.80 bits per heavy atom. The molecular weight excluding hydrogens is 392 g/mol. The van der Waals surface area contributed by atoms with E-state index in [1.54, 1.807) is 17.8 Å². The minimum Gasteiger partial charge on any atom is -0.321 e. The first-order chi connectivity index (χ1) is 14.6. The number of para-hydroxylation sites is 1. The Kier molecular flexibility index (Phi) is 5.91. The summed E-state index contributed by atoms with van der Waals surface area (Å²) >= 11 is 1.60. The van der Waals surface area contributed by atoms with Gasteiger partial charge in [-0.05, 0) is 74.0 Å². The number of carbonyl (C=O) groups excluding carboxylic acids is 2. The van der Waals surface area contributed by atoms with Crippen LogP contribution < -0.4 is 10.2 Å². The SMILES string of the molecule is CSc1ccccc1NC(=O)c1ccc2c(c1)CCCN2C(=O)c1cccc(C)c1. The molecule has 4 nitrogen and oxygen atoms in total. The average molecular weight is 417 g/mol. The molecule has 2 amide bonds. The van der Waals surface area contributed by atoms with Gasteiger partial charge in [0.1, 0.15) is 0 Å². The van der Waals surface area contributed by atoms with Crippen LogP contribution in [0.15, 0.2) is 71.6 Å². The first kappa shape index (κ1) is 20.2. The van der Waals surface area contributed by atoms with Crippen molar-refractivity contribution < 1.29 is 9.59 Å². The number of benzene rings is 3. The minimum atomic E-state index is -0.138. The number of hydrogen-bond donors (Lipinski definition) is 1. The largest absolute Gasteiger partial charge is 0.321 e. The average Bonchev–Trinajstić information content (AvgIpc) is 2.78. The molecule has 3 aromatic carbocycles. The van der Waals surface area contributed by atoms with Crippen molar-refractivity contribution in [2.45, 2.75) is 24.7 Å². The van der Waals surface area contributed by atoms with Crippen molar-refractivity contribution in [3.8, 4) is 0 Å². The minimum absolute atomic E-state index is 0.00532. The number of fused-ring (bicyclic) bond motifs is 1. The molecule has 152 valence electrons. The van der Waals surface area contributed by atoms with Gasteiger partial charge in [0.05, 0.1) is 5.69 Å². The number of rotatable bonds is 4. The van der Waals surface area contributed by atoms with Crippen LogP contribution in [0.5, 0.6) is 0 Å². The molecule has 0 aromatic heterocycles. The zero-order chi connectivity index (χ0) is 21.1. The molecule has 5 heteroatoms. The number of amides is 2. The summed E-state index contributed by atoms with van der Waals surface area (Å²) in [6.07, 6.45) is 3.73. The normalized spacial score (nSPS) is 12.9. The highest BCUT2D eigenvalue weighted by Crippen LogP contribution is 2.30. The molecule has 0 spiro atoms. The number of aryl methyl sites for hydroxylation is 2. The second-order valence-electron chi connectivity index (χ2n) is 7.43. The van der Waals surface area contributed by atoms with Gasteiger partial charge in [0.15, 0.2) is 0 Å². The maximum absolute atomic E-state index is 13.1. The van der Waals surface area contributed by atoms with Crippen molar-refractivity contribution in [3.05, 3.63) is 89.0 Å². The number of hydrogen-bond acceptors (Lipinski definition) is 3. The molecule has 1 heterocycles. The van der Waals surface area contributed by atoms with E-state index in [0.29, 0.717) is 17.7 Å². The molecule has 0 saturated carbocycles. The van der Waals surface area contributed by atoms with Gasteiger partial charge in [-0.15, -0.1) is 11.8 Å². The van der Waals surface area contributed by atoms with Crippen LogP contribution >= 0.6 is 11.8 Å². The van der Waals surface area contributed by atoms with Crippen LogP contribution in [-0.2, 0) is 6.42 Å². The summed E-state index contributed by atoms with van der Waals surface area (Å²) < 4.78 is 0. The molecule has 1 aliphatic rings. The summed E-state index contributed by atoms with van der Waals surface area (Å²) in [6, 6.07) is 21.1. The quantitative estimate of drug-likeness (QED) is 0.566. The lowest BCUT2D eigenvalue weighted by Gasteiger charge is -2.30. The zero-order valence-corrected chi connectivity index (χ0v) is 18.0. The lowest BCUT2D eigenvalue weighted by molar-refractivity contribution is 0.0984.